The van der Waals surface area contributed by atoms with Gasteiger partial charge in [0.05, 0.1) is 13.0 Å². The molecule has 20 heavy (non-hydrogen) atoms. The average molecular weight is 276 g/mol. The molecule has 0 amide bonds. The van der Waals surface area contributed by atoms with E-state index in [0.717, 1.165) is 39.3 Å². The van der Waals surface area contributed by atoms with Gasteiger partial charge in [0.15, 0.2) is 0 Å². The van der Waals surface area contributed by atoms with Gasteiger partial charge in [0, 0.05) is 39.3 Å². The first kappa shape index (κ1) is 15.0. The van der Waals surface area contributed by atoms with Crippen molar-refractivity contribution in [1.82, 2.24) is 9.80 Å². The van der Waals surface area contributed by atoms with Crippen LogP contribution in [-0.4, -0.2) is 55.6 Å². The summed E-state index contributed by atoms with van der Waals surface area (Å²) in [7, 11) is 1.45. The number of rotatable bonds is 5. The number of hydrogen-bond donors (Lipinski definition) is 0. The van der Waals surface area contributed by atoms with Gasteiger partial charge in [-0.2, -0.15) is 0 Å². The van der Waals surface area contributed by atoms with E-state index < -0.39 is 0 Å². The topological polar surface area (TPSA) is 32.8 Å². The van der Waals surface area contributed by atoms with Gasteiger partial charge >= 0.3 is 5.97 Å². The Labute approximate surface area is 121 Å². The van der Waals surface area contributed by atoms with Gasteiger partial charge in [-0.3, -0.25) is 14.6 Å². The standard InChI is InChI=1S/C16H24N2O2/c1-14(16(19)20-2)12-17-8-10-18(11-9-17)13-15-6-4-3-5-7-15/h3-7,14H,8-13H2,1-2H3/t14-/m0/s1. The Balaban J connectivity index is 1.74. The molecule has 0 aliphatic carbocycles. The van der Waals surface area contributed by atoms with E-state index in [4.69, 9.17) is 4.74 Å². The van der Waals surface area contributed by atoms with Crippen LogP contribution in [0.15, 0.2) is 30.3 Å². The smallest absolute Gasteiger partial charge is 0.309 e. The third kappa shape index (κ3) is 4.32. The molecule has 0 radical (unpaired) electrons. The number of hydrogen-bond acceptors (Lipinski definition) is 4. The lowest BCUT2D eigenvalue weighted by Gasteiger charge is -2.35. The lowest BCUT2D eigenvalue weighted by Crippen LogP contribution is -2.47. The van der Waals surface area contributed by atoms with Crippen molar-refractivity contribution in [2.75, 3.05) is 39.8 Å². The Morgan fingerprint density at radius 1 is 1.15 bits per heavy atom. The van der Waals surface area contributed by atoms with E-state index in [1.165, 1.54) is 12.7 Å². The molecular formula is C16H24N2O2. The van der Waals surface area contributed by atoms with Crippen molar-refractivity contribution in [3.63, 3.8) is 0 Å². The zero-order valence-electron chi connectivity index (χ0n) is 12.4. The molecule has 1 atom stereocenters. The molecule has 0 aromatic heterocycles. The third-order valence-corrected chi connectivity index (χ3v) is 3.85. The van der Waals surface area contributed by atoms with Gasteiger partial charge in [-0.05, 0) is 5.56 Å². The first-order valence-electron chi connectivity index (χ1n) is 7.25. The van der Waals surface area contributed by atoms with E-state index in [0.29, 0.717) is 0 Å². The van der Waals surface area contributed by atoms with Gasteiger partial charge in [0.2, 0.25) is 0 Å². The Morgan fingerprint density at radius 3 is 2.35 bits per heavy atom. The Hall–Kier alpha value is -1.39. The second kappa shape index (κ2) is 7.41. The zero-order chi connectivity index (χ0) is 14.4. The summed E-state index contributed by atoms with van der Waals surface area (Å²) < 4.78 is 4.78. The minimum absolute atomic E-state index is 0.0410. The number of esters is 1. The third-order valence-electron chi connectivity index (χ3n) is 3.85. The Morgan fingerprint density at radius 2 is 1.75 bits per heavy atom. The van der Waals surface area contributed by atoms with Crippen LogP contribution in [0.1, 0.15) is 12.5 Å². The van der Waals surface area contributed by atoms with Crippen molar-refractivity contribution in [2.45, 2.75) is 13.5 Å². The summed E-state index contributed by atoms with van der Waals surface area (Å²) in [5.74, 6) is -0.155. The molecular weight excluding hydrogens is 252 g/mol. The van der Waals surface area contributed by atoms with Gasteiger partial charge in [-0.25, -0.2) is 0 Å². The molecule has 4 heteroatoms. The highest BCUT2D eigenvalue weighted by Crippen LogP contribution is 2.10. The maximum atomic E-state index is 11.4. The van der Waals surface area contributed by atoms with E-state index in [9.17, 15) is 4.79 Å². The molecule has 1 aliphatic rings. The molecule has 0 saturated carbocycles. The maximum Gasteiger partial charge on any atom is 0.309 e. The lowest BCUT2D eigenvalue weighted by molar-refractivity contribution is -0.145. The van der Waals surface area contributed by atoms with E-state index in [1.54, 1.807) is 0 Å². The summed E-state index contributed by atoms with van der Waals surface area (Å²) >= 11 is 0. The predicted octanol–water partition coefficient (Wildman–Crippen LogP) is 1.61. The highest BCUT2D eigenvalue weighted by Gasteiger charge is 2.21. The van der Waals surface area contributed by atoms with E-state index in [-0.39, 0.29) is 11.9 Å². The van der Waals surface area contributed by atoms with Gasteiger partial charge in [0.25, 0.3) is 0 Å². The summed E-state index contributed by atoms with van der Waals surface area (Å²) in [4.78, 5) is 16.2. The molecule has 4 nitrogen and oxygen atoms in total. The molecule has 1 fully saturated rings. The first-order chi connectivity index (χ1) is 9.69. The molecule has 1 heterocycles. The fraction of sp³-hybridized carbons (Fsp3) is 0.562. The summed E-state index contributed by atoms with van der Waals surface area (Å²) in [5.41, 5.74) is 1.36. The number of piperazine rings is 1. The van der Waals surface area contributed by atoms with Crippen LogP contribution in [0.2, 0.25) is 0 Å². The minimum atomic E-state index is -0.114. The molecule has 1 aromatic rings. The van der Waals surface area contributed by atoms with Crippen LogP contribution < -0.4 is 0 Å². The van der Waals surface area contributed by atoms with Crippen molar-refractivity contribution < 1.29 is 9.53 Å². The maximum absolute atomic E-state index is 11.4. The number of carbonyl (C=O) groups is 1. The predicted molar refractivity (Wildman–Crippen MR) is 79.3 cm³/mol. The molecule has 0 unspecified atom stereocenters. The molecule has 0 N–H and O–H groups in total. The largest absolute Gasteiger partial charge is 0.469 e. The zero-order valence-corrected chi connectivity index (χ0v) is 12.4. The van der Waals surface area contributed by atoms with Crippen LogP contribution >= 0.6 is 0 Å². The van der Waals surface area contributed by atoms with E-state index >= 15 is 0 Å². The van der Waals surface area contributed by atoms with Crippen molar-refractivity contribution >= 4 is 5.97 Å². The molecule has 1 aromatic carbocycles. The SMILES string of the molecule is COC(=O)[C@@H](C)CN1CCN(Cc2ccccc2)CC1. The van der Waals surface area contributed by atoms with Crippen molar-refractivity contribution in [1.29, 1.82) is 0 Å². The van der Waals surface area contributed by atoms with E-state index in [1.807, 2.05) is 6.92 Å². The number of carbonyl (C=O) groups excluding carboxylic acids is 1. The molecule has 110 valence electrons. The van der Waals surface area contributed by atoms with Crippen LogP contribution in [0.4, 0.5) is 0 Å². The van der Waals surface area contributed by atoms with Crippen LogP contribution in [0.25, 0.3) is 0 Å². The second-order valence-corrected chi connectivity index (χ2v) is 5.49. The van der Waals surface area contributed by atoms with Crippen LogP contribution in [-0.2, 0) is 16.1 Å². The fourth-order valence-corrected chi connectivity index (χ4v) is 2.63. The van der Waals surface area contributed by atoms with Crippen LogP contribution in [0.5, 0.6) is 0 Å². The number of ether oxygens (including phenoxy) is 1. The highest BCUT2D eigenvalue weighted by molar-refractivity contribution is 5.72. The van der Waals surface area contributed by atoms with Crippen molar-refractivity contribution in [2.24, 2.45) is 5.92 Å². The molecule has 0 spiro atoms. The Kier molecular flexibility index (Phi) is 5.56. The quantitative estimate of drug-likeness (QED) is 0.765. The average Bonchev–Trinajstić information content (AvgIpc) is 2.49. The van der Waals surface area contributed by atoms with Crippen molar-refractivity contribution in [3.8, 4) is 0 Å². The Bertz CT molecular complexity index is 414. The summed E-state index contributed by atoms with van der Waals surface area (Å²) in [6.07, 6.45) is 0. The second-order valence-electron chi connectivity index (χ2n) is 5.49. The lowest BCUT2D eigenvalue weighted by atomic mass is 10.1. The van der Waals surface area contributed by atoms with Gasteiger partial charge in [-0.1, -0.05) is 37.3 Å². The van der Waals surface area contributed by atoms with E-state index in [2.05, 4.69) is 40.1 Å². The molecule has 2 rings (SSSR count). The van der Waals surface area contributed by atoms with Gasteiger partial charge < -0.3 is 4.74 Å². The molecule has 0 bridgehead atoms. The van der Waals surface area contributed by atoms with Gasteiger partial charge in [0.1, 0.15) is 0 Å². The minimum Gasteiger partial charge on any atom is -0.469 e. The van der Waals surface area contributed by atoms with Crippen LogP contribution in [0, 0.1) is 5.92 Å². The summed E-state index contributed by atoms with van der Waals surface area (Å²) in [6.45, 7) is 7.91. The molecule has 1 saturated heterocycles. The fourth-order valence-electron chi connectivity index (χ4n) is 2.63. The molecule has 1 aliphatic heterocycles. The number of nitrogens with zero attached hydrogens (tertiary/aromatic N) is 2. The number of methoxy groups -OCH3 is 1. The first-order valence-corrected chi connectivity index (χ1v) is 7.25. The summed E-state index contributed by atoms with van der Waals surface area (Å²) in [5, 5.41) is 0. The van der Waals surface area contributed by atoms with Crippen molar-refractivity contribution in [3.05, 3.63) is 35.9 Å². The number of benzene rings is 1. The van der Waals surface area contributed by atoms with Crippen LogP contribution in [0.3, 0.4) is 0 Å². The van der Waals surface area contributed by atoms with Gasteiger partial charge in [-0.15, -0.1) is 0 Å². The summed E-state index contributed by atoms with van der Waals surface area (Å²) in [6, 6.07) is 10.6. The highest BCUT2D eigenvalue weighted by atomic mass is 16.5. The normalized spacial score (nSPS) is 18.7. The monoisotopic (exact) mass is 276 g/mol.